The highest BCUT2D eigenvalue weighted by molar-refractivity contribution is 7.99. The third kappa shape index (κ3) is 12.2. The maximum absolute atomic E-state index is 6.57. The van der Waals surface area contributed by atoms with Gasteiger partial charge in [0.25, 0.3) is 0 Å². The molecule has 0 radical (unpaired) electrons. The van der Waals surface area contributed by atoms with Gasteiger partial charge in [0, 0.05) is 21.5 Å². The summed E-state index contributed by atoms with van der Waals surface area (Å²) in [6.45, 7) is 6.80. The summed E-state index contributed by atoms with van der Waals surface area (Å²) in [5, 5.41) is 4.67. The monoisotopic (exact) mass is 610 g/mol. The van der Waals surface area contributed by atoms with Gasteiger partial charge in [0.05, 0.1) is 0 Å². The maximum atomic E-state index is 6.57. The predicted octanol–water partition coefficient (Wildman–Crippen LogP) is 13.0. The Morgan fingerprint density at radius 1 is 0.476 bits per heavy atom. The van der Waals surface area contributed by atoms with Crippen LogP contribution in [0.5, 0.6) is 11.5 Å². The van der Waals surface area contributed by atoms with Crippen molar-refractivity contribution in [1.29, 1.82) is 0 Å². The smallest absolute Gasteiger partial charge is 0.136 e. The Hall–Kier alpha value is -1.52. The predicted molar refractivity (Wildman–Crippen MR) is 192 cm³/mol. The van der Waals surface area contributed by atoms with Crippen LogP contribution in [0, 0.1) is 0 Å². The van der Waals surface area contributed by atoms with Crippen LogP contribution in [-0.2, 0) is 6.42 Å². The number of aryl methyl sites for hydroxylation is 1. The van der Waals surface area contributed by atoms with E-state index < -0.39 is 0 Å². The molecule has 4 heteroatoms. The van der Waals surface area contributed by atoms with Gasteiger partial charge in [-0.2, -0.15) is 0 Å². The van der Waals surface area contributed by atoms with E-state index in [4.69, 9.17) is 9.47 Å². The molecule has 0 aliphatic carbocycles. The van der Waals surface area contributed by atoms with E-state index in [1.807, 2.05) is 23.5 Å². The first-order chi connectivity index (χ1) is 20.8. The molecule has 234 valence electrons. The zero-order valence-corrected chi connectivity index (χ0v) is 28.7. The maximum Gasteiger partial charge on any atom is 0.136 e. The molecule has 0 aliphatic heterocycles. The van der Waals surface area contributed by atoms with Crippen molar-refractivity contribution in [3.63, 3.8) is 0 Å². The minimum absolute atomic E-state index is 0.694. The highest BCUT2D eigenvalue weighted by atomic mass is 32.2. The summed E-state index contributed by atoms with van der Waals surface area (Å²) in [5.41, 5.74) is 1.34. The molecule has 0 aliphatic rings. The molecule has 42 heavy (non-hydrogen) atoms. The fourth-order valence-electron chi connectivity index (χ4n) is 5.67. The minimum atomic E-state index is 0.694. The number of thioether (sulfide) groups is 2. The van der Waals surface area contributed by atoms with Crippen LogP contribution in [0.3, 0.4) is 0 Å². The molecule has 0 aromatic heterocycles. The van der Waals surface area contributed by atoms with Crippen molar-refractivity contribution in [2.24, 2.45) is 0 Å². The number of rotatable bonds is 25. The van der Waals surface area contributed by atoms with Crippen molar-refractivity contribution < 1.29 is 9.47 Å². The molecule has 0 amide bonds. The molecule has 0 heterocycles. The van der Waals surface area contributed by atoms with Crippen molar-refractivity contribution in [3.8, 4) is 11.5 Å². The van der Waals surface area contributed by atoms with Crippen LogP contribution in [-0.4, -0.2) is 23.4 Å². The number of hydrogen-bond acceptors (Lipinski definition) is 4. The molecule has 0 bridgehead atoms. The van der Waals surface area contributed by atoms with E-state index in [2.05, 4.69) is 63.2 Å². The van der Waals surface area contributed by atoms with Crippen molar-refractivity contribution in [3.05, 3.63) is 48.0 Å². The topological polar surface area (TPSA) is 18.5 Å². The molecular formula is C38H58O2S2. The average molecular weight is 611 g/mol. The first-order valence-electron chi connectivity index (χ1n) is 17.2. The van der Waals surface area contributed by atoms with Gasteiger partial charge in [-0.25, -0.2) is 0 Å². The van der Waals surface area contributed by atoms with Crippen LogP contribution in [0.4, 0.5) is 0 Å². The zero-order valence-electron chi connectivity index (χ0n) is 27.0. The Morgan fingerprint density at radius 3 is 1.38 bits per heavy atom. The van der Waals surface area contributed by atoms with Gasteiger partial charge in [0.2, 0.25) is 0 Å². The van der Waals surface area contributed by atoms with E-state index in [1.165, 1.54) is 131 Å². The summed E-state index contributed by atoms with van der Waals surface area (Å²) in [6, 6.07) is 15.5. The number of fused-ring (bicyclic) bond motifs is 2. The normalized spacial score (nSPS) is 11.5. The van der Waals surface area contributed by atoms with Gasteiger partial charge in [-0.3, -0.25) is 0 Å². The molecular weight excluding hydrogens is 553 g/mol. The molecule has 0 N–H and O–H groups in total. The minimum Gasteiger partial charge on any atom is -0.482 e. The second-order valence-electron chi connectivity index (χ2n) is 11.7. The van der Waals surface area contributed by atoms with Crippen LogP contribution in [0.25, 0.3) is 21.5 Å². The summed E-state index contributed by atoms with van der Waals surface area (Å²) in [7, 11) is 0. The molecule has 0 saturated heterocycles. The van der Waals surface area contributed by atoms with Crippen molar-refractivity contribution in [2.45, 2.75) is 130 Å². The van der Waals surface area contributed by atoms with Gasteiger partial charge >= 0.3 is 0 Å². The number of ether oxygens (including phenoxy) is 2. The quantitative estimate of drug-likeness (QED) is 0.0539. The summed E-state index contributed by atoms with van der Waals surface area (Å²) in [6.07, 6.45) is 22.9. The first kappa shape index (κ1) is 35.0. The molecule has 3 rings (SSSR count). The van der Waals surface area contributed by atoms with E-state index in [1.54, 1.807) is 0 Å². The average Bonchev–Trinajstić information content (AvgIpc) is 3.02. The standard InChI is InChI=1S/C38H58O2S2/c1-4-7-9-11-13-15-17-21-27-41-30-39-37-33-23-19-20-24-34(33)38(36-29-32(6-3)25-26-35(36)37)40-31-42-28-22-18-16-14-12-10-8-5-2/h19-20,23-26,29H,4-18,21-22,27-28,30-31H2,1-3H3. The fourth-order valence-corrected chi connectivity index (χ4v) is 7.13. The van der Waals surface area contributed by atoms with Crippen molar-refractivity contribution in [2.75, 3.05) is 23.4 Å². The van der Waals surface area contributed by atoms with E-state index in [0.29, 0.717) is 11.9 Å². The number of hydrogen-bond donors (Lipinski definition) is 0. The lowest BCUT2D eigenvalue weighted by atomic mass is 9.98. The van der Waals surface area contributed by atoms with Gasteiger partial charge in [0.1, 0.15) is 23.4 Å². The lowest BCUT2D eigenvalue weighted by Gasteiger charge is -2.18. The molecule has 0 unspecified atom stereocenters. The molecule has 0 fully saturated rings. The van der Waals surface area contributed by atoms with Crippen LogP contribution in [0.2, 0.25) is 0 Å². The highest BCUT2D eigenvalue weighted by Gasteiger charge is 2.17. The van der Waals surface area contributed by atoms with E-state index in [0.717, 1.165) is 28.7 Å². The molecule has 3 aromatic carbocycles. The van der Waals surface area contributed by atoms with Crippen LogP contribution in [0.15, 0.2) is 42.5 Å². The number of benzene rings is 3. The summed E-state index contributed by atoms with van der Waals surface area (Å²) < 4.78 is 13.1. The third-order valence-corrected chi connectivity index (χ3v) is 9.98. The highest BCUT2D eigenvalue weighted by Crippen LogP contribution is 2.43. The van der Waals surface area contributed by atoms with E-state index in [-0.39, 0.29) is 0 Å². The molecule has 0 saturated carbocycles. The lowest BCUT2D eigenvalue weighted by molar-refractivity contribution is 0.395. The zero-order chi connectivity index (χ0) is 29.7. The Bertz CT molecular complexity index is 1130. The molecule has 3 aromatic rings. The Morgan fingerprint density at radius 2 is 0.905 bits per heavy atom. The Balaban J connectivity index is 1.55. The second-order valence-corrected chi connectivity index (χ2v) is 13.8. The van der Waals surface area contributed by atoms with Gasteiger partial charge in [-0.05, 0) is 42.4 Å². The van der Waals surface area contributed by atoms with E-state index in [9.17, 15) is 0 Å². The van der Waals surface area contributed by atoms with Crippen LogP contribution >= 0.6 is 23.5 Å². The van der Waals surface area contributed by atoms with Crippen LogP contribution in [0.1, 0.15) is 129 Å². The first-order valence-corrected chi connectivity index (χ1v) is 19.5. The van der Waals surface area contributed by atoms with Crippen LogP contribution < -0.4 is 9.47 Å². The SMILES string of the molecule is CCCCCCCCCCSCOc1c2ccccc2c(OCSCCCCCCCCCC)c2cc(CC)ccc12. The Kier molecular flexibility index (Phi) is 18.4. The van der Waals surface area contributed by atoms with Crippen molar-refractivity contribution in [1.82, 2.24) is 0 Å². The molecule has 2 nitrogen and oxygen atoms in total. The van der Waals surface area contributed by atoms with E-state index >= 15 is 0 Å². The molecule has 0 spiro atoms. The Labute approximate surface area is 266 Å². The largest absolute Gasteiger partial charge is 0.482 e. The van der Waals surface area contributed by atoms with Crippen molar-refractivity contribution >= 4 is 45.1 Å². The molecule has 0 atom stereocenters. The summed E-state index contributed by atoms with van der Waals surface area (Å²) >= 11 is 3.85. The van der Waals surface area contributed by atoms with Gasteiger partial charge in [0.15, 0.2) is 0 Å². The van der Waals surface area contributed by atoms with Gasteiger partial charge < -0.3 is 9.47 Å². The summed E-state index contributed by atoms with van der Waals surface area (Å²) in [5.74, 6) is 5.74. The fraction of sp³-hybridized carbons (Fsp3) is 0.632. The van der Waals surface area contributed by atoms with Gasteiger partial charge in [-0.15, -0.1) is 23.5 Å². The summed E-state index contributed by atoms with van der Waals surface area (Å²) in [4.78, 5) is 0. The lowest BCUT2D eigenvalue weighted by Crippen LogP contribution is -2.00. The number of unbranched alkanes of at least 4 members (excludes halogenated alkanes) is 14. The van der Waals surface area contributed by atoms with Gasteiger partial charge in [-0.1, -0.05) is 147 Å². The third-order valence-electron chi connectivity index (χ3n) is 8.26. The second kappa shape index (κ2) is 22.1.